The Hall–Kier alpha value is -2.08. The molecule has 1 aliphatic carbocycles. The van der Waals surface area contributed by atoms with E-state index in [1.165, 1.54) is 12.8 Å². The lowest BCUT2D eigenvalue weighted by Gasteiger charge is -2.16. The summed E-state index contributed by atoms with van der Waals surface area (Å²) in [6, 6.07) is 7.99. The van der Waals surface area contributed by atoms with Crippen molar-refractivity contribution < 1.29 is 14.3 Å². The molecule has 2 aliphatic rings. The summed E-state index contributed by atoms with van der Waals surface area (Å²) in [5.74, 6) is 0.105. The van der Waals surface area contributed by atoms with Gasteiger partial charge in [0, 0.05) is 25.2 Å². The predicted octanol–water partition coefficient (Wildman–Crippen LogP) is 1.17. The van der Waals surface area contributed by atoms with E-state index in [-0.39, 0.29) is 24.4 Å². The maximum Gasteiger partial charge on any atom is 0.255 e. The number of hydrogen-bond donors (Lipinski definition) is 2. The first-order valence-electron chi connectivity index (χ1n) is 8.70. The van der Waals surface area contributed by atoms with Crippen molar-refractivity contribution in [1.29, 1.82) is 0 Å². The average Bonchev–Trinajstić information content (AvgIpc) is 3.33. The van der Waals surface area contributed by atoms with E-state index in [0.717, 1.165) is 25.6 Å². The first kappa shape index (κ1) is 16.8. The van der Waals surface area contributed by atoms with Gasteiger partial charge in [0.2, 0.25) is 5.91 Å². The van der Waals surface area contributed by atoms with Crippen LogP contribution in [0.2, 0.25) is 0 Å². The van der Waals surface area contributed by atoms with Gasteiger partial charge in [0.25, 0.3) is 5.91 Å². The number of benzene rings is 1. The van der Waals surface area contributed by atoms with Crippen molar-refractivity contribution in [2.75, 3.05) is 26.2 Å². The van der Waals surface area contributed by atoms with Crippen molar-refractivity contribution in [3.63, 3.8) is 0 Å². The van der Waals surface area contributed by atoms with Crippen molar-refractivity contribution in [3.8, 4) is 5.75 Å². The summed E-state index contributed by atoms with van der Waals surface area (Å²) in [5, 5.41) is 5.68. The second-order valence-corrected chi connectivity index (χ2v) is 6.39. The molecule has 1 aromatic carbocycles. The summed E-state index contributed by atoms with van der Waals surface area (Å²) < 4.78 is 5.45. The molecule has 6 nitrogen and oxygen atoms in total. The van der Waals surface area contributed by atoms with Crippen LogP contribution in [0.1, 0.15) is 36.5 Å². The van der Waals surface area contributed by atoms with Crippen molar-refractivity contribution in [2.45, 2.75) is 38.3 Å². The molecule has 1 atom stereocenters. The fraction of sp³-hybridized carbons (Fsp3) is 0.556. The van der Waals surface area contributed by atoms with E-state index >= 15 is 0 Å². The molecule has 1 saturated carbocycles. The largest absolute Gasteiger partial charge is 0.493 e. The maximum absolute atomic E-state index is 12.3. The van der Waals surface area contributed by atoms with Crippen molar-refractivity contribution >= 4 is 11.8 Å². The average molecular weight is 331 g/mol. The Morgan fingerprint density at radius 1 is 1.25 bits per heavy atom. The molecule has 24 heavy (non-hydrogen) atoms. The highest BCUT2D eigenvalue weighted by Gasteiger charge is 2.34. The van der Waals surface area contributed by atoms with E-state index in [1.54, 1.807) is 18.2 Å². The Kier molecular flexibility index (Phi) is 5.35. The lowest BCUT2D eigenvalue weighted by atomic mass is 10.2. The number of likely N-dealkylation sites (tertiary alicyclic amines) is 1. The maximum atomic E-state index is 12.3. The van der Waals surface area contributed by atoms with Crippen molar-refractivity contribution in [3.05, 3.63) is 29.8 Å². The SMILES string of the molecule is CCOc1ccccc1C(=O)NCC(=O)N[C@@H]1CCN(C2CC2)C1. The second kappa shape index (κ2) is 7.66. The van der Waals surface area contributed by atoms with Gasteiger partial charge in [0.15, 0.2) is 0 Å². The molecule has 0 aromatic heterocycles. The zero-order chi connectivity index (χ0) is 16.9. The summed E-state index contributed by atoms with van der Waals surface area (Å²) in [7, 11) is 0. The van der Waals surface area contributed by atoms with Crippen LogP contribution in [0.3, 0.4) is 0 Å². The van der Waals surface area contributed by atoms with Crippen molar-refractivity contribution in [2.24, 2.45) is 0 Å². The Balaban J connectivity index is 1.45. The van der Waals surface area contributed by atoms with Crippen LogP contribution >= 0.6 is 0 Å². The number of nitrogens with one attached hydrogen (secondary N) is 2. The quantitative estimate of drug-likeness (QED) is 0.787. The minimum absolute atomic E-state index is 0.0147. The number of hydrogen-bond acceptors (Lipinski definition) is 4. The van der Waals surface area contributed by atoms with Gasteiger partial charge in [0.05, 0.1) is 18.7 Å². The first-order valence-corrected chi connectivity index (χ1v) is 8.70. The molecule has 0 spiro atoms. The third kappa shape index (κ3) is 4.26. The molecule has 0 radical (unpaired) electrons. The van der Waals surface area contributed by atoms with Crippen LogP contribution in [0.25, 0.3) is 0 Å². The predicted molar refractivity (Wildman–Crippen MR) is 91.1 cm³/mol. The van der Waals surface area contributed by atoms with E-state index in [9.17, 15) is 9.59 Å². The van der Waals surface area contributed by atoms with Crippen LogP contribution < -0.4 is 15.4 Å². The Labute approximate surface area is 142 Å². The van der Waals surface area contributed by atoms with E-state index in [2.05, 4.69) is 15.5 Å². The molecule has 0 bridgehead atoms. The molecule has 2 fully saturated rings. The second-order valence-electron chi connectivity index (χ2n) is 6.39. The molecule has 1 heterocycles. The monoisotopic (exact) mass is 331 g/mol. The highest BCUT2D eigenvalue weighted by atomic mass is 16.5. The van der Waals surface area contributed by atoms with Crippen LogP contribution in [0.5, 0.6) is 5.75 Å². The number of carbonyl (C=O) groups excluding carboxylic acids is 2. The van der Waals surface area contributed by atoms with Crippen LogP contribution in [-0.2, 0) is 4.79 Å². The zero-order valence-electron chi connectivity index (χ0n) is 14.1. The molecule has 2 amide bonds. The van der Waals surface area contributed by atoms with Gasteiger partial charge in [-0.25, -0.2) is 0 Å². The van der Waals surface area contributed by atoms with E-state index in [1.807, 2.05) is 13.0 Å². The van der Waals surface area contributed by atoms with Gasteiger partial charge in [-0.15, -0.1) is 0 Å². The lowest BCUT2D eigenvalue weighted by Crippen LogP contribution is -2.43. The highest BCUT2D eigenvalue weighted by Crippen LogP contribution is 2.29. The molecule has 1 aromatic rings. The molecule has 1 saturated heterocycles. The number of nitrogens with zero attached hydrogens (tertiary/aromatic N) is 1. The van der Waals surface area contributed by atoms with E-state index < -0.39 is 0 Å². The molecular formula is C18H25N3O3. The van der Waals surface area contributed by atoms with E-state index in [0.29, 0.717) is 17.9 Å². The van der Waals surface area contributed by atoms with Gasteiger partial charge in [-0.1, -0.05) is 12.1 Å². The minimum atomic E-state index is -0.291. The minimum Gasteiger partial charge on any atom is -0.493 e. The lowest BCUT2D eigenvalue weighted by molar-refractivity contribution is -0.120. The summed E-state index contributed by atoms with van der Waals surface area (Å²) in [6.45, 7) is 4.33. The molecule has 2 N–H and O–H groups in total. The third-order valence-corrected chi connectivity index (χ3v) is 4.49. The summed E-state index contributed by atoms with van der Waals surface area (Å²) in [4.78, 5) is 26.8. The van der Waals surface area contributed by atoms with Crippen LogP contribution in [0.15, 0.2) is 24.3 Å². The van der Waals surface area contributed by atoms with Gasteiger partial charge in [-0.3, -0.25) is 14.5 Å². The summed E-state index contributed by atoms with van der Waals surface area (Å²) >= 11 is 0. The summed E-state index contributed by atoms with van der Waals surface area (Å²) in [5.41, 5.74) is 0.452. The van der Waals surface area contributed by atoms with Crippen LogP contribution in [0.4, 0.5) is 0 Å². The number of para-hydroxylation sites is 1. The standard InChI is InChI=1S/C18H25N3O3/c1-2-24-16-6-4-3-5-15(16)18(23)19-11-17(22)20-13-9-10-21(12-13)14-7-8-14/h3-6,13-14H,2,7-12H2,1H3,(H,19,23)(H,20,22)/t13-/m1/s1. The molecule has 1 aliphatic heterocycles. The Bertz CT molecular complexity index is 601. The van der Waals surface area contributed by atoms with Gasteiger partial charge in [-0.05, 0) is 38.3 Å². The zero-order valence-corrected chi connectivity index (χ0v) is 14.1. The topological polar surface area (TPSA) is 70.7 Å². The van der Waals surface area contributed by atoms with Gasteiger partial charge >= 0.3 is 0 Å². The Morgan fingerprint density at radius 2 is 2.04 bits per heavy atom. The fourth-order valence-electron chi connectivity index (χ4n) is 3.15. The normalized spacial score (nSPS) is 20.6. The molecule has 0 unspecified atom stereocenters. The molecular weight excluding hydrogens is 306 g/mol. The number of ether oxygens (including phenoxy) is 1. The first-order chi connectivity index (χ1) is 11.7. The fourth-order valence-corrected chi connectivity index (χ4v) is 3.15. The van der Waals surface area contributed by atoms with Crippen LogP contribution in [0, 0.1) is 0 Å². The highest BCUT2D eigenvalue weighted by molar-refractivity contribution is 5.98. The molecule has 130 valence electrons. The summed E-state index contributed by atoms with van der Waals surface area (Å²) in [6.07, 6.45) is 3.56. The number of rotatable bonds is 7. The molecule has 3 rings (SSSR count). The number of carbonyl (C=O) groups is 2. The van der Waals surface area contributed by atoms with Gasteiger partial charge in [0.1, 0.15) is 5.75 Å². The third-order valence-electron chi connectivity index (χ3n) is 4.49. The Morgan fingerprint density at radius 3 is 2.79 bits per heavy atom. The van der Waals surface area contributed by atoms with Gasteiger partial charge in [-0.2, -0.15) is 0 Å². The smallest absolute Gasteiger partial charge is 0.255 e. The van der Waals surface area contributed by atoms with Crippen LogP contribution in [-0.4, -0.2) is 55.0 Å². The van der Waals surface area contributed by atoms with Crippen molar-refractivity contribution in [1.82, 2.24) is 15.5 Å². The molecule has 6 heteroatoms. The van der Waals surface area contributed by atoms with E-state index in [4.69, 9.17) is 4.74 Å². The van der Waals surface area contributed by atoms with Gasteiger partial charge < -0.3 is 15.4 Å². The number of amides is 2.